The second-order valence-corrected chi connectivity index (χ2v) is 9.14. The fourth-order valence-electron chi connectivity index (χ4n) is 4.10. The summed E-state index contributed by atoms with van der Waals surface area (Å²) in [5.74, 6) is -1.20. The Morgan fingerprint density at radius 2 is 1.67 bits per heavy atom. The first-order chi connectivity index (χ1) is 17.4. The number of esters is 1. The molecule has 1 N–H and O–H groups in total. The van der Waals surface area contributed by atoms with Crippen LogP contribution in [-0.4, -0.2) is 47.9 Å². The van der Waals surface area contributed by atoms with E-state index < -0.39 is 11.9 Å². The summed E-state index contributed by atoms with van der Waals surface area (Å²) >= 11 is 1.09. The maximum atomic E-state index is 13.6. The van der Waals surface area contributed by atoms with E-state index in [-0.39, 0.29) is 16.5 Å². The quantitative estimate of drug-likeness (QED) is 0.324. The van der Waals surface area contributed by atoms with Crippen molar-refractivity contribution >= 4 is 45.0 Å². The highest BCUT2D eigenvalue weighted by Crippen LogP contribution is 2.35. The number of benzene rings is 2. The minimum absolute atomic E-state index is 0.186. The standard InChI is InChI=1S/C28H27N3O4S/c1-5-31(6-2)27(33)24-17(3)23(28(34)35-4)26(36-24)30-25(32)20-16-22(18-12-8-7-9-13-18)29-21-15-11-10-14-19(20)21/h7-16H,5-6H2,1-4H3,(H,30,32). The summed E-state index contributed by atoms with van der Waals surface area (Å²) in [4.78, 5) is 46.2. The lowest BCUT2D eigenvalue weighted by molar-refractivity contribution is 0.0601. The van der Waals surface area contributed by atoms with Crippen molar-refractivity contribution < 1.29 is 19.1 Å². The number of pyridine rings is 1. The molecule has 0 bridgehead atoms. The van der Waals surface area contributed by atoms with E-state index >= 15 is 0 Å². The molecule has 0 spiro atoms. The minimum atomic E-state index is -0.609. The Hall–Kier alpha value is -4.04. The average Bonchev–Trinajstić information content (AvgIpc) is 3.23. The third-order valence-electron chi connectivity index (χ3n) is 6.04. The first kappa shape index (κ1) is 25.1. The van der Waals surface area contributed by atoms with Gasteiger partial charge in [-0.05, 0) is 38.5 Å². The molecule has 4 aromatic rings. The molecular formula is C28H27N3O4S. The number of nitrogens with zero attached hydrogens (tertiary/aromatic N) is 2. The Morgan fingerprint density at radius 3 is 2.33 bits per heavy atom. The van der Waals surface area contributed by atoms with Crippen LogP contribution in [0.2, 0.25) is 0 Å². The number of carbonyl (C=O) groups excluding carboxylic acids is 3. The molecule has 0 aliphatic carbocycles. The molecule has 8 heteroatoms. The van der Waals surface area contributed by atoms with Gasteiger partial charge in [-0.2, -0.15) is 0 Å². The number of carbonyl (C=O) groups is 3. The first-order valence-corrected chi connectivity index (χ1v) is 12.5. The molecule has 0 atom stereocenters. The van der Waals surface area contributed by atoms with Crippen molar-refractivity contribution in [1.29, 1.82) is 0 Å². The number of methoxy groups -OCH3 is 1. The van der Waals surface area contributed by atoms with Gasteiger partial charge in [0.1, 0.15) is 5.00 Å². The van der Waals surface area contributed by atoms with Crippen LogP contribution in [0.1, 0.15) is 49.8 Å². The molecule has 2 heterocycles. The van der Waals surface area contributed by atoms with Crippen LogP contribution in [-0.2, 0) is 4.74 Å². The molecule has 0 radical (unpaired) electrons. The Morgan fingerprint density at radius 1 is 1.00 bits per heavy atom. The van der Waals surface area contributed by atoms with E-state index in [9.17, 15) is 14.4 Å². The van der Waals surface area contributed by atoms with Gasteiger partial charge in [0.25, 0.3) is 11.8 Å². The van der Waals surface area contributed by atoms with Crippen molar-refractivity contribution in [3.63, 3.8) is 0 Å². The third kappa shape index (κ3) is 4.72. The summed E-state index contributed by atoms with van der Waals surface area (Å²) in [6, 6.07) is 18.8. The highest BCUT2D eigenvalue weighted by Gasteiger charge is 2.28. The number of ether oxygens (including phenoxy) is 1. The van der Waals surface area contributed by atoms with Crippen molar-refractivity contribution in [3.8, 4) is 11.3 Å². The highest BCUT2D eigenvalue weighted by molar-refractivity contribution is 7.18. The Balaban J connectivity index is 1.80. The molecule has 0 unspecified atom stereocenters. The normalized spacial score (nSPS) is 10.8. The Kier molecular flexibility index (Phi) is 7.45. The SMILES string of the molecule is CCN(CC)C(=O)c1sc(NC(=O)c2cc(-c3ccccc3)nc3ccccc23)c(C(=O)OC)c1C. The number of anilines is 1. The number of nitrogens with one attached hydrogen (secondary N) is 1. The zero-order valence-electron chi connectivity index (χ0n) is 20.6. The number of amides is 2. The summed E-state index contributed by atoms with van der Waals surface area (Å²) in [5, 5.41) is 3.85. The fraction of sp³-hybridized carbons (Fsp3) is 0.214. The Labute approximate surface area is 213 Å². The van der Waals surface area contributed by atoms with E-state index in [1.807, 2.05) is 68.4 Å². The van der Waals surface area contributed by atoms with Crippen LogP contribution in [0.4, 0.5) is 5.00 Å². The van der Waals surface area contributed by atoms with E-state index in [0.717, 1.165) is 16.9 Å². The molecule has 184 valence electrons. The molecule has 4 rings (SSSR count). The molecule has 0 aliphatic rings. The molecule has 2 aromatic heterocycles. The maximum Gasteiger partial charge on any atom is 0.341 e. The minimum Gasteiger partial charge on any atom is -0.465 e. The van der Waals surface area contributed by atoms with E-state index in [1.54, 1.807) is 17.9 Å². The van der Waals surface area contributed by atoms with Gasteiger partial charge in [-0.15, -0.1) is 11.3 Å². The second kappa shape index (κ2) is 10.7. The van der Waals surface area contributed by atoms with Crippen molar-refractivity contribution in [2.75, 3.05) is 25.5 Å². The van der Waals surface area contributed by atoms with Gasteiger partial charge in [0.15, 0.2) is 0 Å². The summed E-state index contributed by atoms with van der Waals surface area (Å²) in [6.45, 7) is 6.56. The van der Waals surface area contributed by atoms with Gasteiger partial charge >= 0.3 is 5.97 Å². The van der Waals surface area contributed by atoms with Gasteiger partial charge in [-0.25, -0.2) is 9.78 Å². The predicted octanol–water partition coefficient (Wildman–Crippen LogP) is 5.79. The lowest BCUT2D eigenvalue weighted by atomic mass is 10.0. The summed E-state index contributed by atoms with van der Waals surface area (Å²) in [6.07, 6.45) is 0. The van der Waals surface area contributed by atoms with Crippen LogP contribution in [0, 0.1) is 6.92 Å². The van der Waals surface area contributed by atoms with Gasteiger partial charge in [-0.1, -0.05) is 48.5 Å². The van der Waals surface area contributed by atoms with E-state index in [1.165, 1.54) is 7.11 Å². The van der Waals surface area contributed by atoms with E-state index in [4.69, 9.17) is 9.72 Å². The Bertz CT molecular complexity index is 1440. The van der Waals surface area contributed by atoms with E-state index in [2.05, 4.69) is 5.32 Å². The molecule has 0 saturated heterocycles. The third-order valence-corrected chi connectivity index (χ3v) is 7.23. The molecular weight excluding hydrogens is 474 g/mol. The van der Waals surface area contributed by atoms with Crippen LogP contribution in [0.5, 0.6) is 0 Å². The fourth-order valence-corrected chi connectivity index (χ4v) is 5.26. The number of fused-ring (bicyclic) bond motifs is 1. The monoisotopic (exact) mass is 501 g/mol. The smallest absolute Gasteiger partial charge is 0.341 e. The van der Waals surface area contributed by atoms with Crippen LogP contribution < -0.4 is 5.32 Å². The van der Waals surface area contributed by atoms with Crippen LogP contribution in [0.25, 0.3) is 22.2 Å². The molecule has 2 aromatic carbocycles. The highest BCUT2D eigenvalue weighted by atomic mass is 32.1. The number of thiophene rings is 1. The number of rotatable bonds is 7. The van der Waals surface area contributed by atoms with Crippen molar-refractivity contribution in [1.82, 2.24) is 9.88 Å². The van der Waals surface area contributed by atoms with Gasteiger partial charge in [0.05, 0.1) is 34.3 Å². The number of hydrogen-bond donors (Lipinski definition) is 1. The first-order valence-electron chi connectivity index (χ1n) is 11.7. The summed E-state index contributed by atoms with van der Waals surface area (Å²) < 4.78 is 4.98. The largest absolute Gasteiger partial charge is 0.465 e. The summed E-state index contributed by atoms with van der Waals surface area (Å²) in [5.41, 5.74) is 3.31. The molecule has 2 amide bonds. The second-order valence-electron chi connectivity index (χ2n) is 8.12. The number of hydrogen-bond acceptors (Lipinski definition) is 6. The maximum absolute atomic E-state index is 13.6. The van der Waals surface area contributed by atoms with E-state index in [0.29, 0.717) is 45.7 Å². The zero-order valence-corrected chi connectivity index (χ0v) is 21.4. The molecule has 0 saturated carbocycles. The van der Waals surface area contributed by atoms with Gasteiger partial charge in [0, 0.05) is 24.0 Å². The van der Waals surface area contributed by atoms with Crippen molar-refractivity contribution in [2.45, 2.75) is 20.8 Å². The van der Waals surface area contributed by atoms with Crippen molar-refractivity contribution in [3.05, 3.63) is 82.2 Å². The van der Waals surface area contributed by atoms with Crippen LogP contribution in [0.3, 0.4) is 0 Å². The van der Waals surface area contributed by atoms with Crippen LogP contribution >= 0.6 is 11.3 Å². The predicted molar refractivity (Wildman–Crippen MR) is 143 cm³/mol. The average molecular weight is 502 g/mol. The van der Waals surface area contributed by atoms with Crippen LogP contribution in [0.15, 0.2) is 60.7 Å². The zero-order chi connectivity index (χ0) is 25.8. The molecule has 7 nitrogen and oxygen atoms in total. The van der Waals surface area contributed by atoms with Crippen molar-refractivity contribution in [2.24, 2.45) is 0 Å². The number of para-hydroxylation sites is 1. The van der Waals surface area contributed by atoms with Gasteiger partial charge < -0.3 is 15.0 Å². The molecule has 36 heavy (non-hydrogen) atoms. The number of aromatic nitrogens is 1. The van der Waals surface area contributed by atoms with Gasteiger partial charge in [-0.3, -0.25) is 9.59 Å². The topological polar surface area (TPSA) is 88.6 Å². The lowest BCUT2D eigenvalue weighted by Crippen LogP contribution is -2.30. The molecule has 0 fully saturated rings. The van der Waals surface area contributed by atoms with Gasteiger partial charge in [0.2, 0.25) is 0 Å². The molecule has 0 aliphatic heterocycles. The summed E-state index contributed by atoms with van der Waals surface area (Å²) in [7, 11) is 1.28. The lowest BCUT2D eigenvalue weighted by Gasteiger charge is -2.17.